The van der Waals surface area contributed by atoms with Crippen molar-refractivity contribution < 1.29 is 5.11 Å². The second-order valence-corrected chi connectivity index (χ2v) is 11.7. The molecular formula is C28H48O. The van der Waals surface area contributed by atoms with Gasteiger partial charge in [-0.05, 0) is 113 Å². The number of fused-ring (bicyclic) bond motifs is 1. The lowest BCUT2D eigenvalue weighted by molar-refractivity contribution is 0.0255. The van der Waals surface area contributed by atoms with Gasteiger partial charge >= 0.3 is 0 Å². The van der Waals surface area contributed by atoms with Crippen LogP contribution < -0.4 is 0 Å². The van der Waals surface area contributed by atoms with Gasteiger partial charge in [-0.25, -0.2) is 0 Å². The highest BCUT2D eigenvalue weighted by molar-refractivity contribution is 5.24. The van der Waals surface area contributed by atoms with Gasteiger partial charge in [0.2, 0.25) is 0 Å². The Labute approximate surface area is 181 Å². The van der Waals surface area contributed by atoms with Crippen molar-refractivity contribution >= 4 is 0 Å². The van der Waals surface area contributed by atoms with Crippen LogP contribution in [0.25, 0.3) is 0 Å². The van der Waals surface area contributed by atoms with E-state index in [0.29, 0.717) is 16.7 Å². The molecule has 3 aliphatic carbocycles. The molecule has 166 valence electrons. The zero-order valence-corrected chi connectivity index (χ0v) is 20.3. The maximum atomic E-state index is 10.3. The van der Waals surface area contributed by atoms with Gasteiger partial charge in [-0.3, -0.25) is 0 Å². The number of rotatable bonds is 7. The number of hydrogen-bond donors (Lipinski definition) is 1. The lowest BCUT2D eigenvalue weighted by Gasteiger charge is -2.50. The SMILES string of the molecule is CCCC1CC(O)CCC1(C)C1=CC2CCC(C(C)CCC=C(C)C)C2(C)CC1. The fraction of sp³-hybridized carbons (Fsp3) is 0.857. The Kier molecular flexibility index (Phi) is 7.40. The zero-order valence-electron chi connectivity index (χ0n) is 20.3. The van der Waals surface area contributed by atoms with Crippen LogP contribution in [-0.2, 0) is 0 Å². The Morgan fingerprint density at radius 3 is 2.66 bits per heavy atom. The van der Waals surface area contributed by atoms with Crippen molar-refractivity contribution in [3.8, 4) is 0 Å². The Balaban J connectivity index is 1.74. The van der Waals surface area contributed by atoms with Crippen molar-refractivity contribution in [2.75, 3.05) is 0 Å². The van der Waals surface area contributed by atoms with Crippen molar-refractivity contribution in [1.82, 2.24) is 0 Å². The van der Waals surface area contributed by atoms with Crippen molar-refractivity contribution in [3.05, 3.63) is 23.3 Å². The molecule has 7 atom stereocenters. The quantitative estimate of drug-likeness (QED) is 0.428. The van der Waals surface area contributed by atoms with Crippen LogP contribution in [0.5, 0.6) is 0 Å². The molecule has 0 radical (unpaired) electrons. The second-order valence-electron chi connectivity index (χ2n) is 11.7. The van der Waals surface area contributed by atoms with Crippen LogP contribution in [0.1, 0.15) is 112 Å². The smallest absolute Gasteiger partial charge is 0.0543 e. The van der Waals surface area contributed by atoms with E-state index in [9.17, 15) is 5.11 Å². The summed E-state index contributed by atoms with van der Waals surface area (Å²) in [5.74, 6) is 3.19. The molecule has 0 aromatic carbocycles. The minimum atomic E-state index is -0.0633. The number of hydrogen-bond acceptors (Lipinski definition) is 1. The molecule has 0 saturated heterocycles. The molecule has 0 aliphatic heterocycles. The normalized spacial score (nSPS) is 40.9. The third-order valence-electron chi connectivity index (χ3n) is 9.50. The largest absolute Gasteiger partial charge is 0.393 e. The van der Waals surface area contributed by atoms with Crippen molar-refractivity contribution in [3.63, 3.8) is 0 Å². The molecule has 3 aliphatic rings. The first-order valence-electron chi connectivity index (χ1n) is 12.7. The molecule has 2 saturated carbocycles. The first-order chi connectivity index (χ1) is 13.7. The maximum Gasteiger partial charge on any atom is 0.0543 e. The predicted molar refractivity (Wildman–Crippen MR) is 126 cm³/mol. The Morgan fingerprint density at radius 2 is 1.97 bits per heavy atom. The van der Waals surface area contributed by atoms with Crippen LogP contribution >= 0.6 is 0 Å². The van der Waals surface area contributed by atoms with E-state index in [-0.39, 0.29) is 6.10 Å². The number of aliphatic hydroxyl groups excluding tert-OH is 1. The molecule has 0 spiro atoms. The Bertz CT molecular complexity index is 612. The summed E-state index contributed by atoms with van der Waals surface area (Å²) >= 11 is 0. The zero-order chi connectivity index (χ0) is 21.2. The second kappa shape index (κ2) is 9.29. The van der Waals surface area contributed by atoms with Crippen molar-refractivity contribution in [2.45, 2.75) is 118 Å². The minimum Gasteiger partial charge on any atom is -0.393 e. The summed E-state index contributed by atoms with van der Waals surface area (Å²) in [4.78, 5) is 0. The summed E-state index contributed by atoms with van der Waals surface area (Å²) < 4.78 is 0. The van der Waals surface area contributed by atoms with Gasteiger partial charge in [-0.1, -0.05) is 57.4 Å². The van der Waals surface area contributed by atoms with Gasteiger partial charge in [-0.15, -0.1) is 0 Å². The van der Waals surface area contributed by atoms with E-state index in [1.165, 1.54) is 63.4 Å². The van der Waals surface area contributed by atoms with E-state index in [4.69, 9.17) is 0 Å². The fourth-order valence-electron chi connectivity index (χ4n) is 7.50. The lowest BCUT2D eigenvalue weighted by atomic mass is 9.55. The highest BCUT2D eigenvalue weighted by Crippen LogP contribution is 2.61. The molecule has 3 rings (SSSR count). The lowest BCUT2D eigenvalue weighted by Crippen LogP contribution is -2.41. The summed E-state index contributed by atoms with van der Waals surface area (Å²) in [6.45, 7) is 14.4. The molecule has 0 bridgehead atoms. The Hall–Kier alpha value is -0.560. The van der Waals surface area contributed by atoms with Crippen LogP contribution in [0.3, 0.4) is 0 Å². The minimum absolute atomic E-state index is 0.0633. The molecule has 1 nitrogen and oxygen atoms in total. The summed E-state index contributed by atoms with van der Waals surface area (Å²) in [6.07, 6.45) is 19.0. The molecule has 0 aromatic heterocycles. The van der Waals surface area contributed by atoms with Gasteiger partial charge in [0.25, 0.3) is 0 Å². The molecule has 1 N–H and O–H groups in total. The van der Waals surface area contributed by atoms with E-state index in [1.54, 1.807) is 5.57 Å². The van der Waals surface area contributed by atoms with Crippen LogP contribution in [0, 0.1) is 34.5 Å². The summed E-state index contributed by atoms with van der Waals surface area (Å²) in [7, 11) is 0. The first-order valence-corrected chi connectivity index (χ1v) is 12.7. The highest BCUT2D eigenvalue weighted by Gasteiger charge is 2.51. The average molecular weight is 401 g/mol. The standard InChI is InChI=1S/C28H48O/c1-7-9-22-19-25(29)15-17-27(22,5)24-14-16-28(6)23(18-24)12-13-26(28)21(4)11-8-10-20(2)3/h10,18,21-23,25-26,29H,7-9,11-17,19H2,1-6H3. The van der Waals surface area contributed by atoms with Gasteiger partial charge in [0.05, 0.1) is 6.10 Å². The van der Waals surface area contributed by atoms with Crippen LogP contribution in [0.15, 0.2) is 23.3 Å². The summed E-state index contributed by atoms with van der Waals surface area (Å²) in [6, 6.07) is 0. The highest BCUT2D eigenvalue weighted by atomic mass is 16.3. The molecular weight excluding hydrogens is 352 g/mol. The Morgan fingerprint density at radius 1 is 1.21 bits per heavy atom. The van der Waals surface area contributed by atoms with E-state index in [1.807, 2.05) is 0 Å². The van der Waals surface area contributed by atoms with E-state index in [2.05, 4.69) is 53.7 Å². The van der Waals surface area contributed by atoms with E-state index < -0.39 is 0 Å². The topological polar surface area (TPSA) is 20.2 Å². The molecule has 2 fully saturated rings. The van der Waals surface area contributed by atoms with Gasteiger partial charge in [0.15, 0.2) is 0 Å². The molecule has 29 heavy (non-hydrogen) atoms. The van der Waals surface area contributed by atoms with Crippen molar-refractivity contribution in [2.24, 2.45) is 34.5 Å². The molecule has 0 aromatic rings. The molecule has 1 heteroatoms. The van der Waals surface area contributed by atoms with E-state index >= 15 is 0 Å². The maximum absolute atomic E-state index is 10.3. The third kappa shape index (κ3) is 4.70. The molecule has 7 unspecified atom stereocenters. The van der Waals surface area contributed by atoms with Gasteiger partial charge in [-0.2, -0.15) is 0 Å². The van der Waals surface area contributed by atoms with Crippen molar-refractivity contribution in [1.29, 1.82) is 0 Å². The van der Waals surface area contributed by atoms with Crippen LogP contribution in [0.2, 0.25) is 0 Å². The third-order valence-corrected chi connectivity index (χ3v) is 9.50. The number of allylic oxidation sites excluding steroid dienone is 4. The summed E-state index contributed by atoms with van der Waals surface area (Å²) in [5, 5.41) is 10.3. The molecule has 0 heterocycles. The summed E-state index contributed by atoms with van der Waals surface area (Å²) in [5.41, 5.74) is 4.08. The fourth-order valence-corrected chi connectivity index (χ4v) is 7.50. The van der Waals surface area contributed by atoms with Crippen LogP contribution in [-0.4, -0.2) is 11.2 Å². The monoisotopic (exact) mass is 400 g/mol. The average Bonchev–Trinajstić information content (AvgIpc) is 3.01. The number of aliphatic hydroxyl groups is 1. The first kappa shape index (κ1) is 23.1. The van der Waals surface area contributed by atoms with Gasteiger partial charge in [0.1, 0.15) is 0 Å². The van der Waals surface area contributed by atoms with E-state index in [0.717, 1.165) is 30.6 Å². The van der Waals surface area contributed by atoms with Gasteiger partial charge < -0.3 is 5.11 Å². The predicted octanol–water partition coefficient (Wildman–Crippen LogP) is 8.09. The van der Waals surface area contributed by atoms with Crippen LogP contribution in [0.4, 0.5) is 0 Å². The molecule has 0 amide bonds. The van der Waals surface area contributed by atoms with Gasteiger partial charge in [0, 0.05) is 0 Å².